The summed E-state index contributed by atoms with van der Waals surface area (Å²) in [5.74, 6) is 0. The molecule has 126 valence electrons. The minimum atomic E-state index is -0.268. The summed E-state index contributed by atoms with van der Waals surface area (Å²) in [6.07, 6.45) is 23.8. The molecule has 0 heterocycles. The van der Waals surface area contributed by atoms with Crippen molar-refractivity contribution in [2.24, 2.45) is 0 Å². The lowest BCUT2D eigenvalue weighted by Gasteiger charge is -2.04. The van der Waals surface area contributed by atoms with E-state index in [0.29, 0.717) is 0 Å². The van der Waals surface area contributed by atoms with Gasteiger partial charge in [-0.15, -0.1) is 6.58 Å². The second kappa shape index (κ2) is 18.0. The Bertz CT molecular complexity index is 198. The summed E-state index contributed by atoms with van der Waals surface area (Å²) in [4.78, 5) is 0. The van der Waals surface area contributed by atoms with E-state index < -0.39 is 0 Å². The number of hydrogen-bond acceptors (Lipinski definition) is 0. The Morgan fingerprint density at radius 1 is 0.571 bits per heavy atom. The largest absolute Gasteiger partial charge is 0.103 e. The average molecular weight is 311 g/mol. The van der Waals surface area contributed by atoms with Gasteiger partial charge in [-0.1, -0.05) is 109 Å². The maximum Gasteiger partial charge on any atom is 0.0305 e. The van der Waals surface area contributed by atoms with Crippen LogP contribution in [0.5, 0.6) is 0 Å². The van der Waals surface area contributed by atoms with Gasteiger partial charge in [0.25, 0.3) is 0 Å². The second-order valence-electron chi connectivity index (χ2n) is 7.21. The molecule has 0 saturated carbocycles. The lowest BCUT2D eigenvalue weighted by Crippen LogP contribution is -1.97. The average Bonchev–Trinajstić information content (AvgIpc) is 2.46. The molecule has 0 rings (SSSR count). The zero-order valence-corrected chi connectivity index (χ0v) is 16.3. The van der Waals surface area contributed by atoms with Crippen LogP contribution in [-0.4, -0.2) is 8.80 Å². The van der Waals surface area contributed by atoms with Gasteiger partial charge in [0.1, 0.15) is 0 Å². The summed E-state index contributed by atoms with van der Waals surface area (Å²) in [6, 6.07) is 1.56. The summed E-state index contributed by atoms with van der Waals surface area (Å²) in [6.45, 7) is 8.72. The molecular weight excluding hydrogens is 268 g/mol. The van der Waals surface area contributed by atoms with Gasteiger partial charge in [0, 0.05) is 8.80 Å². The molecule has 21 heavy (non-hydrogen) atoms. The van der Waals surface area contributed by atoms with E-state index in [9.17, 15) is 0 Å². The molecule has 0 amide bonds. The molecule has 0 unspecified atom stereocenters. The Hall–Kier alpha value is -0.0431. The first-order chi connectivity index (χ1) is 10.3. The molecular formula is C20H42Si. The zero-order valence-electron chi connectivity index (χ0n) is 15.2. The minimum absolute atomic E-state index is 0.268. The van der Waals surface area contributed by atoms with Crippen LogP contribution >= 0.6 is 0 Å². The topological polar surface area (TPSA) is 0 Å². The van der Waals surface area contributed by atoms with E-state index in [4.69, 9.17) is 0 Å². The Kier molecular flexibility index (Phi) is 18.0. The molecule has 0 bridgehead atoms. The van der Waals surface area contributed by atoms with E-state index in [1.165, 1.54) is 96.3 Å². The molecule has 0 aliphatic heterocycles. The van der Waals surface area contributed by atoms with Gasteiger partial charge >= 0.3 is 0 Å². The van der Waals surface area contributed by atoms with Crippen LogP contribution in [0.3, 0.4) is 0 Å². The van der Waals surface area contributed by atoms with Gasteiger partial charge < -0.3 is 0 Å². The summed E-state index contributed by atoms with van der Waals surface area (Å²) in [5.41, 5.74) is 0. The fourth-order valence-corrected chi connectivity index (χ4v) is 4.07. The maximum absolute atomic E-state index is 3.77. The maximum atomic E-state index is 3.77. The molecule has 0 N–H and O–H groups in total. The highest BCUT2D eigenvalue weighted by atomic mass is 28.3. The van der Waals surface area contributed by atoms with Gasteiger partial charge in [0.05, 0.1) is 0 Å². The van der Waals surface area contributed by atoms with E-state index >= 15 is 0 Å². The highest BCUT2D eigenvalue weighted by Gasteiger charge is 1.96. The second-order valence-corrected chi connectivity index (χ2v) is 10.6. The van der Waals surface area contributed by atoms with Crippen molar-refractivity contribution in [1.82, 2.24) is 0 Å². The molecule has 0 aromatic carbocycles. The molecule has 1 heteroatoms. The van der Waals surface area contributed by atoms with Gasteiger partial charge in [-0.05, 0) is 12.8 Å². The van der Waals surface area contributed by atoms with Gasteiger partial charge in [-0.2, -0.15) is 0 Å². The predicted octanol–water partition coefficient (Wildman–Crippen LogP) is 7.51. The monoisotopic (exact) mass is 310 g/mol. The van der Waals surface area contributed by atoms with Crippen molar-refractivity contribution in [3.8, 4) is 0 Å². The Labute approximate surface area is 137 Å². The minimum Gasteiger partial charge on any atom is -0.103 e. The summed E-state index contributed by atoms with van der Waals surface area (Å²) in [7, 11) is -0.268. The van der Waals surface area contributed by atoms with Crippen LogP contribution in [0.4, 0.5) is 0 Å². The van der Waals surface area contributed by atoms with Gasteiger partial charge in [0.2, 0.25) is 0 Å². The third-order valence-electron chi connectivity index (χ3n) is 4.44. The van der Waals surface area contributed by atoms with Crippen LogP contribution in [0.2, 0.25) is 19.1 Å². The van der Waals surface area contributed by atoms with Gasteiger partial charge in [-0.25, -0.2) is 0 Å². The third-order valence-corrected chi connectivity index (χ3v) is 6.00. The normalized spacial score (nSPS) is 11.2. The molecule has 0 saturated heterocycles. The number of rotatable bonds is 17. The molecule has 0 fully saturated rings. The Balaban J connectivity index is 2.95. The molecule has 0 nitrogen and oxygen atoms in total. The molecule has 0 aliphatic carbocycles. The van der Waals surface area contributed by atoms with Crippen molar-refractivity contribution >= 4 is 8.80 Å². The van der Waals surface area contributed by atoms with Gasteiger partial charge in [-0.3, -0.25) is 0 Å². The predicted molar refractivity (Wildman–Crippen MR) is 103 cm³/mol. The Morgan fingerprint density at radius 3 is 1.24 bits per heavy atom. The van der Waals surface area contributed by atoms with E-state index in [1.54, 1.807) is 6.04 Å². The van der Waals surface area contributed by atoms with Crippen molar-refractivity contribution in [3.63, 3.8) is 0 Å². The van der Waals surface area contributed by atoms with E-state index in [-0.39, 0.29) is 8.80 Å². The van der Waals surface area contributed by atoms with Crippen LogP contribution < -0.4 is 0 Å². The fourth-order valence-electron chi connectivity index (χ4n) is 2.96. The lowest BCUT2D eigenvalue weighted by molar-refractivity contribution is 0.536. The molecule has 0 atom stereocenters. The third kappa shape index (κ3) is 20.0. The SMILES string of the molecule is C=CCCCCCCCCCCCCCCCC[SiH](C)C. The quantitative estimate of drug-likeness (QED) is 0.148. The first-order valence-electron chi connectivity index (χ1n) is 9.88. The van der Waals surface area contributed by atoms with Crippen molar-refractivity contribution in [3.05, 3.63) is 12.7 Å². The molecule has 0 aliphatic rings. The van der Waals surface area contributed by atoms with Crippen molar-refractivity contribution < 1.29 is 0 Å². The van der Waals surface area contributed by atoms with Crippen LogP contribution in [0.1, 0.15) is 96.3 Å². The molecule has 0 aromatic heterocycles. The highest BCUT2D eigenvalue weighted by Crippen LogP contribution is 2.14. The van der Waals surface area contributed by atoms with Crippen LogP contribution in [-0.2, 0) is 0 Å². The van der Waals surface area contributed by atoms with Crippen LogP contribution in [0.25, 0.3) is 0 Å². The first kappa shape index (κ1) is 21.0. The van der Waals surface area contributed by atoms with Crippen LogP contribution in [0.15, 0.2) is 12.7 Å². The standard InChI is InChI=1S/C20H42Si/c1-4-5-6-7-8-9-10-11-12-13-14-15-16-17-18-19-20-21(2)3/h4,21H,1,5-20H2,2-3H3. The number of allylic oxidation sites excluding steroid dienone is 1. The highest BCUT2D eigenvalue weighted by molar-refractivity contribution is 6.55. The van der Waals surface area contributed by atoms with Crippen molar-refractivity contribution in [2.75, 3.05) is 0 Å². The van der Waals surface area contributed by atoms with Crippen molar-refractivity contribution in [1.29, 1.82) is 0 Å². The molecule has 0 radical (unpaired) electrons. The van der Waals surface area contributed by atoms with Crippen LogP contribution in [0, 0.1) is 0 Å². The Morgan fingerprint density at radius 2 is 0.905 bits per heavy atom. The number of hydrogen-bond donors (Lipinski definition) is 0. The molecule has 0 spiro atoms. The first-order valence-corrected chi connectivity index (χ1v) is 13.0. The smallest absolute Gasteiger partial charge is 0.0305 e. The van der Waals surface area contributed by atoms with E-state index in [2.05, 4.69) is 19.7 Å². The van der Waals surface area contributed by atoms with Gasteiger partial charge in [0.15, 0.2) is 0 Å². The van der Waals surface area contributed by atoms with Crippen molar-refractivity contribution in [2.45, 2.75) is 115 Å². The summed E-state index contributed by atoms with van der Waals surface area (Å²) >= 11 is 0. The number of unbranched alkanes of at least 4 members (excludes halogenated alkanes) is 14. The van der Waals surface area contributed by atoms with E-state index in [0.717, 1.165) is 0 Å². The lowest BCUT2D eigenvalue weighted by atomic mass is 10.0. The fraction of sp³-hybridized carbons (Fsp3) is 0.900. The molecule has 0 aromatic rings. The summed E-state index contributed by atoms with van der Waals surface area (Å²) < 4.78 is 0. The van der Waals surface area contributed by atoms with E-state index in [1.807, 2.05) is 6.08 Å². The zero-order chi connectivity index (χ0) is 15.6. The summed E-state index contributed by atoms with van der Waals surface area (Å²) in [5, 5.41) is 0.